The van der Waals surface area contributed by atoms with Crippen LogP contribution in [0.4, 0.5) is 0 Å². The van der Waals surface area contributed by atoms with Crippen molar-refractivity contribution >= 4 is 26.8 Å². The van der Waals surface area contributed by atoms with E-state index in [0.717, 1.165) is 34.0 Å². The molecule has 0 spiro atoms. The van der Waals surface area contributed by atoms with Crippen LogP contribution >= 0.6 is 0 Å². The summed E-state index contributed by atoms with van der Waals surface area (Å²) in [5, 5.41) is 1.14. The molecule has 4 rings (SSSR count). The highest BCUT2D eigenvalue weighted by Gasteiger charge is 2.29. The zero-order chi connectivity index (χ0) is 28.8. The van der Waals surface area contributed by atoms with Gasteiger partial charge in [0.15, 0.2) is 0 Å². The van der Waals surface area contributed by atoms with Crippen molar-refractivity contribution in [3.63, 3.8) is 0 Å². The zero-order valence-corrected chi connectivity index (χ0v) is 24.9. The Balaban J connectivity index is 1.57. The molecule has 0 atom stereocenters. The molecule has 6 nitrogen and oxygen atoms in total. The number of aromatic nitrogens is 1. The molecule has 0 aliphatic carbocycles. The van der Waals surface area contributed by atoms with Gasteiger partial charge in [-0.1, -0.05) is 94.8 Å². The van der Waals surface area contributed by atoms with Crippen LogP contribution in [0.5, 0.6) is 0 Å². The third-order valence-corrected chi connectivity index (χ3v) is 9.19. The number of unbranched alkanes of at least 4 members (excludes halogenated alkanes) is 1. The number of nitrogens with one attached hydrogen (secondary N) is 1. The van der Waals surface area contributed by atoms with Crippen molar-refractivity contribution < 1.29 is 13.2 Å². The predicted octanol–water partition coefficient (Wildman–Crippen LogP) is 6.53. The molecule has 1 amide bonds. The quantitative estimate of drug-likeness (QED) is 0.215. The van der Waals surface area contributed by atoms with Crippen LogP contribution in [0.25, 0.3) is 10.9 Å². The Morgan fingerprint density at radius 3 is 2.23 bits per heavy atom. The maximum absolute atomic E-state index is 13.8. The molecular weight excluding hydrogens is 518 g/mol. The highest BCUT2D eigenvalue weighted by Crippen LogP contribution is 2.25. The summed E-state index contributed by atoms with van der Waals surface area (Å²) < 4.78 is 28.9. The number of hydrogen-bond donors (Lipinski definition) is 1. The number of sulfonamides is 1. The van der Waals surface area contributed by atoms with E-state index in [9.17, 15) is 13.2 Å². The molecule has 0 aliphatic heterocycles. The van der Waals surface area contributed by atoms with Crippen LogP contribution in [0.15, 0.2) is 90.0 Å². The third-order valence-electron chi connectivity index (χ3n) is 7.33. The summed E-state index contributed by atoms with van der Waals surface area (Å²) in [5.41, 5.74) is 4.19. The molecule has 40 heavy (non-hydrogen) atoms. The first-order valence-electron chi connectivity index (χ1n) is 14.1. The maximum Gasteiger partial charge on any atom is 0.243 e. The SMILES string of the molecule is CCCCN(CC(=O)N(CCc1c[nH]c2ccccc12)Cc1ccccc1)S(=O)(=O)c1ccc(C(C)(C)C)cc1. The summed E-state index contributed by atoms with van der Waals surface area (Å²) >= 11 is 0. The Hall–Kier alpha value is -3.42. The van der Waals surface area contributed by atoms with Gasteiger partial charge in [0.05, 0.1) is 11.4 Å². The number of carbonyl (C=O) groups is 1. The van der Waals surface area contributed by atoms with Gasteiger partial charge in [0.1, 0.15) is 0 Å². The minimum absolute atomic E-state index is 0.0805. The highest BCUT2D eigenvalue weighted by atomic mass is 32.2. The monoisotopic (exact) mass is 559 g/mol. The molecule has 1 aromatic heterocycles. The van der Waals surface area contributed by atoms with Gasteiger partial charge in [-0.2, -0.15) is 4.31 Å². The molecule has 1 heterocycles. The first kappa shape index (κ1) is 29.6. The Morgan fingerprint density at radius 2 is 1.55 bits per heavy atom. The number of carbonyl (C=O) groups excluding carboxylic acids is 1. The second kappa shape index (κ2) is 12.8. The van der Waals surface area contributed by atoms with Crippen molar-refractivity contribution in [2.75, 3.05) is 19.6 Å². The van der Waals surface area contributed by atoms with E-state index in [-0.39, 0.29) is 22.8 Å². The number of H-pyrrole nitrogens is 1. The molecule has 7 heteroatoms. The van der Waals surface area contributed by atoms with E-state index in [1.807, 2.05) is 73.8 Å². The zero-order valence-electron chi connectivity index (χ0n) is 24.1. The van der Waals surface area contributed by atoms with Gasteiger partial charge < -0.3 is 9.88 Å². The van der Waals surface area contributed by atoms with E-state index in [1.54, 1.807) is 17.0 Å². The van der Waals surface area contributed by atoms with Crippen molar-refractivity contribution in [3.05, 3.63) is 102 Å². The lowest BCUT2D eigenvalue weighted by molar-refractivity contribution is -0.132. The molecule has 0 saturated carbocycles. The number of para-hydroxylation sites is 1. The second-order valence-corrected chi connectivity index (χ2v) is 13.3. The number of nitrogens with zero attached hydrogens (tertiary/aromatic N) is 2. The molecule has 0 aliphatic rings. The predicted molar refractivity (Wildman–Crippen MR) is 163 cm³/mol. The molecule has 4 aromatic rings. The van der Waals surface area contributed by atoms with Crippen LogP contribution in [0, 0.1) is 0 Å². The fraction of sp³-hybridized carbons (Fsp3) is 0.364. The molecule has 0 radical (unpaired) electrons. The van der Waals surface area contributed by atoms with Crippen molar-refractivity contribution in [1.82, 2.24) is 14.2 Å². The number of fused-ring (bicyclic) bond motifs is 1. The number of amides is 1. The van der Waals surface area contributed by atoms with Gasteiger partial charge in [-0.15, -0.1) is 0 Å². The van der Waals surface area contributed by atoms with E-state index < -0.39 is 10.0 Å². The average Bonchev–Trinajstić information content (AvgIpc) is 3.36. The van der Waals surface area contributed by atoms with E-state index in [4.69, 9.17) is 0 Å². The fourth-order valence-corrected chi connectivity index (χ4v) is 6.26. The van der Waals surface area contributed by atoms with E-state index in [0.29, 0.717) is 32.5 Å². The number of hydrogen-bond acceptors (Lipinski definition) is 3. The van der Waals surface area contributed by atoms with Crippen molar-refractivity contribution in [2.45, 2.75) is 63.8 Å². The third kappa shape index (κ3) is 7.20. The van der Waals surface area contributed by atoms with Gasteiger partial charge in [-0.25, -0.2) is 8.42 Å². The highest BCUT2D eigenvalue weighted by molar-refractivity contribution is 7.89. The number of rotatable bonds is 12. The standard InChI is InChI=1S/C33H41N3O3S/c1-5-6-21-36(40(38,39)29-18-16-28(17-19-29)33(2,3)4)25-32(37)35(24-26-12-8-7-9-13-26)22-20-27-23-34-31-15-11-10-14-30(27)31/h7-19,23,34H,5-6,20-22,24-25H2,1-4H3. The summed E-state index contributed by atoms with van der Waals surface area (Å²) in [6.45, 7) is 9.33. The van der Waals surface area contributed by atoms with Crippen LogP contribution in [0.1, 0.15) is 57.2 Å². The summed E-state index contributed by atoms with van der Waals surface area (Å²) in [5.74, 6) is -0.199. The van der Waals surface area contributed by atoms with Crippen LogP contribution in [0.2, 0.25) is 0 Å². The van der Waals surface area contributed by atoms with Crippen molar-refractivity contribution in [1.29, 1.82) is 0 Å². The van der Waals surface area contributed by atoms with Crippen LogP contribution in [-0.4, -0.2) is 48.1 Å². The Kier molecular flexibility index (Phi) is 9.48. The van der Waals surface area contributed by atoms with Gasteiger partial charge in [-0.05, 0) is 53.1 Å². The van der Waals surface area contributed by atoms with Crippen LogP contribution < -0.4 is 0 Å². The molecular formula is C33H41N3O3S. The minimum atomic E-state index is -3.84. The summed E-state index contributed by atoms with van der Waals surface area (Å²) in [6, 6.07) is 25.0. The van der Waals surface area contributed by atoms with Gasteiger partial charge in [0.25, 0.3) is 0 Å². The molecule has 0 saturated heterocycles. The lowest BCUT2D eigenvalue weighted by Gasteiger charge is -2.28. The van der Waals surface area contributed by atoms with E-state index in [1.165, 1.54) is 4.31 Å². The van der Waals surface area contributed by atoms with Gasteiger partial charge in [-0.3, -0.25) is 4.79 Å². The Morgan fingerprint density at radius 1 is 0.875 bits per heavy atom. The fourth-order valence-electron chi connectivity index (χ4n) is 4.84. The maximum atomic E-state index is 13.8. The summed E-state index contributed by atoms with van der Waals surface area (Å²) in [6.07, 6.45) is 4.17. The topological polar surface area (TPSA) is 73.5 Å². The van der Waals surface area contributed by atoms with Gasteiger partial charge in [0, 0.05) is 36.7 Å². The first-order chi connectivity index (χ1) is 19.1. The Bertz CT molecular complexity index is 1500. The average molecular weight is 560 g/mol. The Labute approximate surface area is 239 Å². The largest absolute Gasteiger partial charge is 0.361 e. The number of benzene rings is 3. The minimum Gasteiger partial charge on any atom is -0.361 e. The van der Waals surface area contributed by atoms with Crippen LogP contribution in [-0.2, 0) is 33.2 Å². The lowest BCUT2D eigenvalue weighted by Crippen LogP contribution is -2.43. The second-order valence-electron chi connectivity index (χ2n) is 11.4. The molecule has 0 unspecified atom stereocenters. The van der Waals surface area contributed by atoms with Crippen molar-refractivity contribution in [3.8, 4) is 0 Å². The first-order valence-corrected chi connectivity index (χ1v) is 15.5. The van der Waals surface area contributed by atoms with Gasteiger partial charge >= 0.3 is 0 Å². The van der Waals surface area contributed by atoms with E-state index in [2.05, 4.69) is 31.8 Å². The summed E-state index contributed by atoms with van der Waals surface area (Å²) in [4.78, 5) is 19.1. The molecule has 212 valence electrons. The molecule has 1 N–H and O–H groups in total. The lowest BCUT2D eigenvalue weighted by atomic mass is 9.87. The molecule has 0 bridgehead atoms. The molecule has 3 aromatic carbocycles. The number of aromatic amines is 1. The molecule has 0 fully saturated rings. The van der Waals surface area contributed by atoms with Crippen LogP contribution in [0.3, 0.4) is 0 Å². The smallest absolute Gasteiger partial charge is 0.243 e. The van der Waals surface area contributed by atoms with Crippen molar-refractivity contribution in [2.24, 2.45) is 0 Å². The summed E-state index contributed by atoms with van der Waals surface area (Å²) in [7, 11) is -3.84. The normalized spacial score (nSPS) is 12.2. The van der Waals surface area contributed by atoms with E-state index >= 15 is 0 Å². The van der Waals surface area contributed by atoms with Gasteiger partial charge in [0.2, 0.25) is 15.9 Å².